The molecule has 8 N–H and O–H groups in total. The van der Waals surface area contributed by atoms with Crippen molar-refractivity contribution in [3.05, 3.63) is 64.0 Å². The summed E-state index contributed by atoms with van der Waals surface area (Å²) in [6, 6.07) is 1.80. The van der Waals surface area contributed by atoms with Crippen LogP contribution in [0.3, 0.4) is 0 Å². The zero-order valence-corrected chi connectivity index (χ0v) is 20.2. The second-order valence-corrected chi connectivity index (χ2v) is 9.75. The number of nitrogen functional groups attached to an aromatic ring is 1. The number of aromatic nitrogens is 1. The maximum Gasteiger partial charge on any atom is 0.195 e. The van der Waals surface area contributed by atoms with Gasteiger partial charge in [0.25, 0.3) is 0 Å². The fourth-order valence-electron chi connectivity index (χ4n) is 4.41. The highest BCUT2D eigenvalue weighted by Crippen LogP contribution is 2.48. The van der Waals surface area contributed by atoms with E-state index in [4.69, 9.17) is 34.5 Å². The van der Waals surface area contributed by atoms with Crippen LogP contribution in [0.25, 0.3) is 0 Å². The van der Waals surface area contributed by atoms with Crippen LogP contribution in [0.15, 0.2) is 68.8 Å². The van der Waals surface area contributed by atoms with E-state index in [1.165, 1.54) is 22.9 Å². The van der Waals surface area contributed by atoms with Crippen LogP contribution >= 0.6 is 23.4 Å². The molecular formula is C23H32ClN7S. The lowest BCUT2D eigenvalue weighted by Gasteiger charge is -2.43. The molecule has 2 heterocycles. The molecule has 1 saturated heterocycles. The fourth-order valence-corrected chi connectivity index (χ4v) is 5.32. The molecule has 1 spiro atoms. The number of guanidine groups is 1. The maximum atomic E-state index is 6.71. The third-order valence-electron chi connectivity index (χ3n) is 6.20. The van der Waals surface area contributed by atoms with Crippen LogP contribution in [0.1, 0.15) is 33.1 Å². The Morgan fingerprint density at radius 2 is 2.03 bits per heavy atom. The average molecular weight is 474 g/mol. The molecule has 1 aromatic rings. The third kappa shape index (κ3) is 5.31. The summed E-state index contributed by atoms with van der Waals surface area (Å²) in [7, 11) is 0. The van der Waals surface area contributed by atoms with Gasteiger partial charge >= 0.3 is 0 Å². The summed E-state index contributed by atoms with van der Waals surface area (Å²) < 4.78 is 0. The van der Waals surface area contributed by atoms with E-state index >= 15 is 0 Å². The number of piperidine rings is 1. The van der Waals surface area contributed by atoms with E-state index in [-0.39, 0.29) is 17.3 Å². The van der Waals surface area contributed by atoms with E-state index in [2.05, 4.69) is 34.0 Å². The highest BCUT2D eigenvalue weighted by Gasteiger charge is 2.45. The third-order valence-corrected chi connectivity index (χ3v) is 7.61. The number of nitrogens with zero attached hydrogens (tertiary/aromatic N) is 3. The molecule has 7 nitrogen and oxygen atoms in total. The van der Waals surface area contributed by atoms with E-state index < -0.39 is 0 Å². The van der Waals surface area contributed by atoms with Crippen molar-refractivity contribution in [2.24, 2.45) is 27.6 Å². The van der Waals surface area contributed by atoms with Crippen LogP contribution < -0.4 is 22.9 Å². The Labute approximate surface area is 199 Å². The molecule has 9 heteroatoms. The minimum Gasteiger partial charge on any atom is -0.392 e. The van der Waals surface area contributed by atoms with Gasteiger partial charge in [0.05, 0.1) is 16.3 Å². The zero-order chi connectivity index (χ0) is 23.3. The van der Waals surface area contributed by atoms with Crippen LogP contribution in [0.4, 0.5) is 5.82 Å². The van der Waals surface area contributed by atoms with Crippen LogP contribution in [-0.2, 0) is 0 Å². The van der Waals surface area contributed by atoms with Crippen LogP contribution in [0.5, 0.6) is 0 Å². The van der Waals surface area contributed by atoms with Gasteiger partial charge in [0.1, 0.15) is 5.82 Å². The largest absolute Gasteiger partial charge is 0.392 e. The first-order valence-electron chi connectivity index (χ1n) is 10.6. The number of hydrogen-bond donors (Lipinski definition) is 4. The molecule has 0 saturated carbocycles. The van der Waals surface area contributed by atoms with Crippen LogP contribution in [0, 0.1) is 5.41 Å². The number of anilines is 1. The number of thioether (sulfide) groups is 1. The van der Waals surface area contributed by atoms with E-state index in [1.807, 2.05) is 19.1 Å². The second-order valence-electron chi connectivity index (χ2n) is 8.25. The van der Waals surface area contributed by atoms with Crippen molar-refractivity contribution in [2.45, 2.75) is 44.0 Å². The summed E-state index contributed by atoms with van der Waals surface area (Å²) in [6.45, 7) is 5.83. The molecule has 0 radical (unpaired) electrons. The number of aliphatic imine (C=N–C) groups is 1. The average Bonchev–Trinajstić information content (AvgIpc) is 3.00. The van der Waals surface area contributed by atoms with Crippen molar-refractivity contribution in [3.8, 4) is 0 Å². The molecule has 1 aromatic heterocycles. The number of allylic oxidation sites excluding steroid dienone is 4. The lowest BCUT2D eigenvalue weighted by Crippen LogP contribution is -2.51. The SMILES string of the molecule is C/C=C\C=C/C1=C(C)CC2(CCN(/C(N)=N/C=C(\N)Sc3ccnc(N)c3Cl)CC2)C1N. The van der Waals surface area contributed by atoms with Gasteiger partial charge in [-0.3, -0.25) is 0 Å². The highest BCUT2D eigenvalue weighted by atomic mass is 35.5. The molecule has 1 aliphatic carbocycles. The van der Waals surface area contributed by atoms with Crippen molar-refractivity contribution in [2.75, 3.05) is 18.8 Å². The summed E-state index contributed by atoms with van der Waals surface area (Å²) in [5.41, 5.74) is 27.5. The Balaban J connectivity index is 1.60. The first-order valence-corrected chi connectivity index (χ1v) is 11.8. The normalized spacial score (nSPS) is 22.1. The lowest BCUT2D eigenvalue weighted by molar-refractivity contribution is 0.139. The lowest BCUT2D eigenvalue weighted by atomic mass is 9.72. The molecule has 1 aliphatic heterocycles. The fraction of sp³-hybridized carbons (Fsp3) is 0.391. The Bertz CT molecular complexity index is 988. The summed E-state index contributed by atoms with van der Waals surface area (Å²) >= 11 is 7.44. The number of halogens is 1. The predicted molar refractivity (Wildman–Crippen MR) is 136 cm³/mol. The van der Waals surface area contributed by atoms with E-state index in [9.17, 15) is 0 Å². The first kappa shape index (κ1) is 24.2. The second kappa shape index (κ2) is 10.5. The van der Waals surface area contributed by atoms with Crippen molar-refractivity contribution in [1.82, 2.24) is 9.88 Å². The minimum atomic E-state index is 0.0498. The van der Waals surface area contributed by atoms with Crippen molar-refractivity contribution < 1.29 is 0 Å². The molecule has 0 bridgehead atoms. The molecule has 0 amide bonds. The van der Waals surface area contributed by atoms with Gasteiger partial charge in [0, 0.05) is 30.2 Å². The van der Waals surface area contributed by atoms with Gasteiger partial charge in [0.15, 0.2) is 5.96 Å². The van der Waals surface area contributed by atoms with Gasteiger partial charge in [-0.25, -0.2) is 9.98 Å². The quantitative estimate of drug-likeness (QED) is 0.221. The van der Waals surface area contributed by atoms with Gasteiger partial charge in [-0.15, -0.1) is 0 Å². The zero-order valence-electron chi connectivity index (χ0n) is 18.6. The Kier molecular flexibility index (Phi) is 7.92. The molecule has 0 aromatic carbocycles. The Morgan fingerprint density at radius 3 is 2.72 bits per heavy atom. The minimum absolute atomic E-state index is 0.0498. The monoisotopic (exact) mass is 473 g/mol. The Hall–Kier alpha value is -2.42. The highest BCUT2D eigenvalue weighted by molar-refractivity contribution is 8.03. The number of likely N-dealkylation sites (tertiary alicyclic amines) is 1. The predicted octanol–water partition coefficient (Wildman–Crippen LogP) is 3.74. The van der Waals surface area contributed by atoms with E-state index in [0.717, 1.165) is 37.2 Å². The summed E-state index contributed by atoms with van der Waals surface area (Å²) in [4.78, 5) is 11.1. The summed E-state index contributed by atoms with van der Waals surface area (Å²) in [5, 5.41) is 0.841. The van der Waals surface area contributed by atoms with Crippen molar-refractivity contribution in [1.29, 1.82) is 0 Å². The standard InChI is InChI=1S/C23H32ClN7S/c1-3-4-5-6-16-15(2)13-23(20(16)26)8-11-31(12-9-23)22(28)30-14-18(25)32-17-7-10-29-21(27)19(17)24/h3-7,10,14,20H,8-9,11-13,25-26H2,1-2H3,(H2,27,29)(H2,28,30)/b4-3-,6-5-,18-14+. The van der Waals surface area contributed by atoms with Gasteiger partial charge in [-0.1, -0.05) is 53.2 Å². The number of pyridine rings is 1. The maximum absolute atomic E-state index is 6.71. The van der Waals surface area contributed by atoms with Crippen molar-refractivity contribution >= 4 is 35.1 Å². The molecule has 1 fully saturated rings. The van der Waals surface area contributed by atoms with Crippen LogP contribution in [-0.4, -0.2) is 35.0 Å². The summed E-state index contributed by atoms with van der Waals surface area (Å²) in [5.74, 6) is 0.721. The smallest absolute Gasteiger partial charge is 0.195 e. The molecule has 32 heavy (non-hydrogen) atoms. The van der Waals surface area contributed by atoms with Crippen molar-refractivity contribution in [3.63, 3.8) is 0 Å². The van der Waals surface area contributed by atoms with Gasteiger partial charge in [0.2, 0.25) is 0 Å². The molecule has 2 aliphatic rings. The van der Waals surface area contributed by atoms with Gasteiger partial charge < -0.3 is 27.8 Å². The number of nitrogens with two attached hydrogens (primary N) is 4. The Morgan fingerprint density at radius 1 is 1.31 bits per heavy atom. The van der Waals surface area contributed by atoms with Crippen LogP contribution in [0.2, 0.25) is 5.02 Å². The molecule has 3 rings (SSSR count). The number of rotatable bonds is 5. The topological polar surface area (TPSA) is 133 Å². The first-order chi connectivity index (χ1) is 15.3. The van der Waals surface area contributed by atoms with E-state index in [1.54, 1.807) is 18.5 Å². The molecule has 172 valence electrons. The molecule has 1 unspecified atom stereocenters. The van der Waals surface area contributed by atoms with Gasteiger partial charge in [-0.05, 0) is 50.2 Å². The molecule has 1 atom stereocenters. The molecular weight excluding hydrogens is 442 g/mol. The van der Waals surface area contributed by atoms with Gasteiger partial charge in [-0.2, -0.15) is 0 Å². The number of hydrogen-bond acceptors (Lipinski definition) is 6. The summed E-state index contributed by atoms with van der Waals surface area (Å²) in [6.07, 6.45) is 14.4. The van der Waals surface area contributed by atoms with E-state index in [0.29, 0.717) is 16.0 Å².